The second-order valence-electron chi connectivity index (χ2n) is 2.95. The van der Waals surface area contributed by atoms with Gasteiger partial charge in [0.2, 0.25) is 0 Å². The molecule has 0 radical (unpaired) electrons. The molecule has 0 fully saturated rings. The molecule has 0 bridgehead atoms. The largest absolute Gasteiger partial charge is 0.457 e. The summed E-state index contributed by atoms with van der Waals surface area (Å²) in [6, 6.07) is 9.51. The van der Waals surface area contributed by atoms with Gasteiger partial charge in [-0.1, -0.05) is 30.9 Å². The van der Waals surface area contributed by atoms with Crippen LogP contribution in [0.3, 0.4) is 0 Å². The molecule has 0 aromatic heterocycles. The summed E-state index contributed by atoms with van der Waals surface area (Å²) in [6.45, 7) is 5.54. The Balaban J connectivity index is 2.79. The number of ether oxygens (including phenoxy) is 1. The number of rotatable bonds is 4. The molecule has 2 nitrogen and oxygen atoms in total. The fourth-order valence-corrected chi connectivity index (χ4v) is 1.00. The number of benzene rings is 1. The third kappa shape index (κ3) is 3.73. The van der Waals surface area contributed by atoms with Gasteiger partial charge in [-0.3, -0.25) is 0 Å². The van der Waals surface area contributed by atoms with E-state index in [4.69, 9.17) is 10.5 Å². The van der Waals surface area contributed by atoms with E-state index in [-0.39, 0.29) is 0 Å². The van der Waals surface area contributed by atoms with Crippen molar-refractivity contribution in [2.75, 3.05) is 0 Å². The highest BCUT2D eigenvalue weighted by atomic mass is 16.5. The Bertz CT molecular complexity index is 377. The van der Waals surface area contributed by atoms with Gasteiger partial charge in [0.25, 0.3) is 0 Å². The molecular weight excluding hydrogens is 186 g/mol. The summed E-state index contributed by atoms with van der Waals surface area (Å²) in [5.41, 5.74) is 6.31. The molecule has 0 heterocycles. The molecule has 0 aliphatic heterocycles. The smallest absolute Gasteiger partial charge is 0.128 e. The van der Waals surface area contributed by atoms with Crippen LogP contribution in [0, 0.1) is 0 Å². The third-order valence-corrected chi connectivity index (χ3v) is 1.82. The molecule has 0 atom stereocenters. The average Bonchev–Trinajstić information content (AvgIpc) is 2.29. The monoisotopic (exact) mass is 201 g/mol. The molecular formula is C13H15NO. The van der Waals surface area contributed by atoms with Crippen molar-refractivity contribution in [1.29, 1.82) is 0 Å². The number of hydrogen-bond donors (Lipinski definition) is 1. The van der Waals surface area contributed by atoms with Crippen LogP contribution >= 0.6 is 0 Å². The topological polar surface area (TPSA) is 35.2 Å². The van der Waals surface area contributed by atoms with Crippen LogP contribution in [0.2, 0.25) is 0 Å². The number of hydrogen-bond acceptors (Lipinski definition) is 2. The highest BCUT2D eigenvalue weighted by Gasteiger charge is 1.95. The summed E-state index contributed by atoms with van der Waals surface area (Å²) in [6.07, 6.45) is 5.17. The summed E-state index contributed by atoms with van der Waals surface area (Å²) in [7, 11) is 0. The summed E-state index contributed by atoms with van der Waals surface area (Å²) >= 11 is 0. The summed E-state index contributed by atoms with van der Waals surface area (Å²) < 4.78 is 5.56. The van der Waals surface area contributed by atoms with Gasteiger partial charge in [0.05, 0.1) is 0 Å². The molecule has 0 spiro atoms. The van der Waals surface area contributed by atoms with Crippen molar-refractivity contribution in [2.45, 2.75) is 6.92 Å². The van der Waals surface area contributed by atoms with Gasteiger partial charge >= 0.3 is 0 Å². The summed E-state index contributed by atoms with van der Waals surface area (Å²) in [5, 5.41) is 0. The van der Waals surface area contributed by atoms with Crippen molar-refractivity contribution < 1.29 is 4.74 Å². The quantitative estimate of drug-likeness (QED) is 0.600. The second-order valence-corrected chi connectivity index (χ2v) is 2.95. The molecule has 0 aliphatic carbocycles. The highest BCUT2D eigenvalue weighted by Crippen LogP contribution is 2.13. The molecule has 2 N–H and O–H groups in total. The van der Waals surface area contributed by atoms with Gasteiger partial charge in [-0.25, -0.2) is 0 Å². The zero-order chi connectivity index (χ0) is 11.1. The van der Waals surface area contributed by atoms with Crippen molar-refractivity contribution in [2.24, 2.45) is 5.73 Å². The number of nitrogens with two attached hydrogens (primary N) is 1. The van der Waals surface area contributed by atoms with Gasteiger partial charge < -0.3 is 10.5 Å². The molecule has 0 saturated heterocycles. The van der Waals surface area contributed by atoms with Crippen LogP contribution in [0.5, 0.6) is 5.75 Å². The molecule has 1 aromatic carbocycles. The maximum atomic E-state index is 5.66. The fraction of sp³-hybridized carbons (Fsp3) is 0.0769. The van der Waals surface area contributed by atoms with Crippen molar-refractivity contribution in [3.63, 3.8) is 0 Å². The van der Waals surface area contributed by atoms with E-state index in [1.165, 1.54) is 0 Å². The van der Waals surface area contributed by atoms with Gasteiger partial charge in [-0.2, -0.15) is 0 Å². The van der Waals surface area contributed by atoms with E-state index in [1.54, 1.807) is 18.2 Å². The first kappa shape index (κ1) is 11.1. The molecule has 0 aliphatic rings. The van der Waals surface area contributed by atoms with Crippen molar-refractivity contribution >= 4 is 0 Å². The van der Waals surface area contributed by atoms with Crippen molar-refractivity contribution in [3.8, 4) is 5.75 Å². The van der Waals surface area contributed by atoms with E-state index in [1.807, 2.05) is 37.3 Å². The van der Waals surface area contributed by atoms with Crippen LogP contribution in [-0.2, 0) is 0 Å². The Morgan fingerprint density at radius 3 is 2.53 bits per heavy atom. The van der Waals surface area contributed by atoms with Gasteiger partial charge in [0, 0.05) is 11.8 Å². The highest BCUT2D eigenvalue weighted by molar-refractivity contribution is 5.29. The van der Waals surface area contributed by atoms with Crippen LogP contribution in [0.4, 0.5) is 0 Å². The van der Waals surface area contributed by atoms with Crippen molar-refractivity contribution in [3.05, 3.63) is 66.6 Å². The van der Waals surface area contributed by atoms with Gasteiger partial charge in [0.1, 0.15) is 11.5 Å². The normalized spacial score (nSPS) is 12.3. The molecule has 15 heavy (non-hydrogen) atoms. The maximum absolute atomic E-state index is 5.66. The van der Waals surface area contributed by atoms with E-state index >= 15 is 0 Å². The Kier molecular flexibility index (Phi) is 4.23. The third-order valence-electron chi connectivity index (χ3n) is 1.82. The number of allylic oxidation sites excluding steroid dienone is 3. The lowest BCUT2D eigenvalue weighted by atomic mass is 10.3. The lowest BCUT2D eigenvalue weighted by Gasteiger charge is -2.05. The molecule has 2 heteroatoms. The standard InChI is InChI=1S/C13H15NO/c1-3-11(14)10-12(4-2)15-13-8-6-5-7-9-13/h3-10H,2,14H2,1H3/b11-3+,12-10+. The predicted octanol–water partition coefficient (Wildman–Crippen LogP) is 3.00. The van der Waals surface area contributed by atoms with Gasteiger partial charge in [-0.15, -0.1) is 0 Å². The zero-order valence-corrected chi connectivity index (χ0v) is 8.81. The maximum Gasteiger partial charge on any atom is 0.128 e. The van der Waals surface area contributed by atoms with Crippen molar-refractivity contribution in [1.82, 2.24) is 0 Å². The Hall–Kier alpha value is -1.96. The Labute approximate surface area is 90.4 Å². The molecule has 1 rings (SSSR count). The molecule has 78 valence electrons. The minimum atomic E-state index is 0.636. The second kappa shape index (κ2) is 5.70. The predicted molar refractivity (Wildman–Crippen MR) is 63.3 cm³/mol. The SMILES string of the molecule is C=C/C(=C\C(N)=C/C)Oc1ccccc1. The fourth-order valence-electron chi connectivity index (χ4n) is 1.00. The number of para-hydroxylation sites is 1. The van der Waals surface area contributed by atoms with Crippen LogP contribution < -0.4 is 10.5 Å². The first-order valence-corrected chi connectivity index (χ1v) is 4.75. The van der Waals surface area contributed by atoms with E-state index in [2.05, 4.69) is 6.58 Å². The van der Waals surface area contributed by atoms with E-state index in [0.29, 0.717) is 11.5 Å². The minimum Gasteiger partial charge on any atom is -0.457 e. The lowest BCUT2D eigenvalue weighted by molar-refractivity contribution is 0.444. The van der Waals surface area contributed by atoms with Gasteiger partial charge in [-0.05, 0) is 25.1 Å². The molecule has 0 amide bonds. The van der Waals surface area contributed by atoms with Crippen LogP contribution in [0.1, 0.15) is 6.92 Å². The molecule has 1 aromatic rings. The summed E-state index contributed by atoms with van der Waals surface area (Å²) in [5.74, 6) is 1.41. The average molecular weight is 201 g/mol. The minimum absolute atomic E-state index is 0.636. The molecule has 0 unspecified atom stereocenters. The first-order valence-electron chi connectivity index (χ1n) is 4.75. The zero-order valence-electron chi connectivity index (χ0n) is 8.81. The van der Waals surface area contributed by atoms with Gasteiger partial charge in [0.15, 0.2) is 0 Å². The van der Waals surface area contributed by atoms with Crippen LogP contribution in [0.15, 0.2) is 66.6 Å². The Morgan fingerprint density at radius 2 is 2.00 bits per heavy atom. The van der Waals surface area contributed by atoms with Crippen LogP contribution in [0.25, 0.3) is 0 Å². The van der Waals surface area contributed by atoms with Crippen LogP contribution in [-0.4, -0.2) is 0 Å². The van der Waals surface area contributed by atoms with E-state index in [9.17, 15) is 0 Å². The van der Waals surface area contributed by atoms with E-state index in [0.717, 1.165) is 5.75 Å². The molecule has 0 saturated carbocycles. The lowest BCUT2D eigenvalue weighted by Crippen LogP contribution is -1.97. The Morgan fingerprint density at radius 1 is 1.33 bits per heavy atom. The first-order chi connectivity index (χ1) is 7.26. The summed E-state index contributed by atoms with van der Waals surface area (Å²) in [4.78, 5) is 0. The van der Waals surface area contributed by atoms with E-state index < -0.39 is 0 Å².